The van der Waals surface area contributed by atoms with Gasteiger partial charge in [-0.25, -0.2) is 0 Å². The van der Waals surface area contributed by atoms with Gasteiger partial charge in [-0.3, -0.25) is 0 Å². The number of fused-ring (bicyclic) bond motifs is 4. The second kappa shape index (κ2) is 7.37. The van der Waals surface area contributed by atoms with Gasteiger partial charge in [-0.05, 0) is 69.5 Å². The fraction of sp³-hybridized carbons (Fsp3) is 0.355. The maximum Gasteiger partial charge on any atom is 0.0465 e. The molecule has 1 N–H and O–H groups in total. The summed E-state index contributed by atoms with van der Waals surface area (Å²) in [6, 6.07) is 23.0. The number of H-pyrrole nitrogens is 1. The highest BCUT2D eigenvalue weighted by Gasteiger charge is 2.31. The molecule has 1 aliphatic rings. The zero-order valence-corrected chi connectivity index (χ0v) is 20.3. The lowest BCUT2D eigenvalue weighted by molar-refractivity contribution is 0.369. The van der Waals surface area contributed by atoms with Crippen molar-refractivity contribution in [3.8, 4) is 0 Å². The summed E-state index contributed by atoms with van der Waals surface area (Å²) < 4.78 is 0. The largest absolute Gasteiger partial charge is 0.355 e. The molecule has 1 aliphatic carbocycles. The molecular formula is C31H35N. The molecular weight excluding hydrogens is 386 g/mol. The lowest BCUT2D eigenvalue weighted by atomic mass is 9.69. The van der Waals surface area contributed by atoms with E-state index in [1.165, 1.54) is 43.4 Å². The van der Waals surface area contributed by atoms with E-state index < -0.39 is 0 Å². The van der Waals surface area contributed by atoms with E-state index in [0.717, 1.165) is 12.8 Å². The standard InChI is InChI=1S/C31H35N/c1-30(2,3)22-15-17-28-26(19-22)25-18-21(14-16-27(25)32-28)29(31(4,5)6)24-13-9-11-20-10-7-8-12-23(20)24/h7-8,10-12,14-19,29,32H,9,13H2,1-6H3. The minimum Gasteiger partial charge on any atom is -0.355 e. The Kier molecular flexibility index (Phi) is 4.85. The SMILES string of the molecule is CC(C)(C)c1ccc2[nH]c3ccc(C(C4=c5ccccc5=CCC4)C(C)(C)C)cc3c2c1. The van der Waals surface area contributed by atoms with Crippen LogP contribution < -0.4 is 10.4 Å². The summed E-state index contributed by atoms with van der Waals surface area (Å²) >= 11 is 0. The molecule has 1 aromatic heterocycles. The molecule has 1 atom stereocenters. The first-order valence-electron chi connectivity index (χ1n) is 12.0. The van der Waals surface area contributed by atoms with E-state index in [1.54, 1.807) is 5.57 Å². The van der Waals surface area contributed by atoms with Gasteiger partial charge in [0.25, 0.3) is 0 Å². The van der Waals surface area contributed by atoms with Crippen LogP contribution in [0.3, 0.4) is 0 Å². The Labute approximate surface area is 191 Å². The molecule has 0 saturated heterocycles. The number of aromatic amines is 1. The predicted octanol–water partition coefficient (Wildman–Crippen LogP) is 7.17. The van der Waals surface area contributed by atoms with Crippen LogP contribution in [0.4, 0.5) is 0 Å². The minimum absolute atomic E-state index is 0.135. The first-order chi connectivity index (χ1) is 15.1. The smallest absolute Gasteiger partial charge is 0.0465 e. The average Bonchev–Trinajstić information content (AvgIpc) is 3.10. The van der Waals surface area contributed by atoms with E-state index in [9.17, 15) is 0 Å². The molecule has 0 aliphatic heterocycles. The average molecular weight is 422 g/mol. The van der Waals surface area contributed by atoms with Crippen molar-refractivity contribution in [2.45, 2.75) is 65.7 Å². The number of rotatable bonds is 2. The van der Waals surface area contributed by atoms with Crippen LogP contribution in [0.15, 0.2) is 60.7 Å². The molecule has 164 valence electrons. The second-order valence-corrected chi connectivity index (χ2v) is 11.6. The number of benzene rings is 3. The molecule has 1 unspecified atom stereocenters. The number of nitrogens with one attached hydrogen (secondary N) is 1. The lowest BCUT2D eigenvalue weighted by Gasteiger charge is -2.34. The molecule has 0 saturated carbocycles. The summed E-state index contributed by atoms with van der Waals surface area (Å²) in [5.74, 6) is 0.387. The summed E-state index contributed by atoms with van der Waals surface area (Å²) in [5.41, 5.74) is 7.13. The van der Waals surface area contributed by atoms with Gasteiger partial charge in [0.2, 0.25) is 0 Å². The van der Waals surface area contributed by atoms with Crippen molar-refractivity contribution < 1.29 is 0 Å². The molecule has 0 spiro atoms. The van der Waals surface area contributed by atoms with Gasteiger partial charge in [-0.2, -0.15) is 0 Å². The highest BCUT2D eigenvalue weighted by Crippen LogP contribution is 2.44. The van der Waals surface area contributed by atoms with Crippen LogP contribution >= 0.6 is 0 Å². The van der Waals surface area contributed by atoms with Crippen molar-refractivity contribution in [2.24, 2.45) is 5.41 Å². The highest BCUT2D eigenvalue weighted by atomic mass is 14.7. The topological polar surface area (TPSA) is 15.8 Å². The van der Waals surface area contributed by atoms with Crippen molar-refractivity contribution in [1.82, 2.24) is 4.98 Å². The zero-order valence-electron chi connectivity index (χ0n) is 20.3. The van der Waals surface area contributed by atoms with Gasteiger partial charge in [0.15, 0.2) is 0 Å². The first-order valence-corrected chi connectivity index (χ1v) is 12.0. The van der Waals surface area contributed by atoms with Crippen LogP contribution in [0.1, 0.15) is 71.4 Å². The Bertz CT molecular complexity index is 1430. The Morgan fingerprint density at radius 3 is 2.19 bits per heavy atom. The van der Waals surface area contributed by atoms with Crippen LogP contribution in [0.25, 0.3) is 33.5 Å². The Morgan fingerprint density at radius 2 is 1.47 bits per heavy atom. The summed E-state index contributed by atoms with van der Waals surface area (Å²) in [6.45, 7) is 14.0. The third-order valence-electron chi connectivity index (χ3n) is 7.12. The van der Waals surface area contributed by atoms with Crippen LogP contribution in [0.2, 0.25) is 0 Å². The van der Waals surface area contributed by atoms with E-state index in [1.807, 2.05) is 0 Å². The Hall–Kier alpha value is -2.80. The van der Waals surface area contributed by atoms with Crippen LogP contribution in [-0.2, 0) is 5.41 Å². The minimum atomic E-state index is 0.135. The maximum absolute atomic E-state index is 3.64. The number of aromatic nitrogens is 1. The summed E-state index contributed by atoms with van der Waals surface area (Å²) in [6.07, 6.45) is 4.66. The second-order valence-electron chi connectivity index (χ2n) is 11.6. The third-order valence-corrected chi connectivity index (χ3v) is 7.12. The predicted molar refractivity (Wildman–Crippen MR) is 139 cm³/mol. The number of hydrogen-bond donors (Lipinski definition) is 1. The molecule has 32 heavy (non-hydrogen) atoms. The lowest BCUT2D eigenvalue weighted by Crippen LogP contribution is -2.34. The highest BCUT2D eigenvalue weighted by molar-refractivity contribution is 6.07. The van der Waals surface area contributed by atoms with Gasteiger partial charge in [0.1, 0.15) is 0 Å². The molecule has 0 fully saturated rings. The van der Waals surface area contributed by atoms with Crippen molar-refractivity contribution in [1.29, 1.82) is 0 Å². The quantitative estimate of drug-likeness (QED) is 0.353. The van der Waals surface area contributed by atoms with E-state index >= 15 is 0 Å². The molecule has 0 amide bonds. The summed E-state index contributed by atoms with van der Waals surface area (Å²) in [7, 11) is 0. The maximum atomic E-state index is 3.64. The van der Waals surface area contributed by atoms with E-state index in [4.69, 9.17) is 0 Å². The molecule has 1 heteroatoms. The summed E-state index contributed by atoms with van der Waals surface area (Å²) in [5, 5.41) is 5.51. The van der Waals surface area contributed by atoms with E-state index in [0.29, 0.717) is 5.92 Å². The third kappa shape index (κ3) is 3.58. The van der Waals surface area contributed by atoms with E-state index in [-0.39, 0.29) is 10.8 Å². The normalized spacial score (nSPS) is 15.6. The fourth-order valence-electron chi connectivity index (χ4n) is 5.57. The van der Waals surface area contributed by atoms with Crippen molar-refractivity contribution in [2.75, 3.05) is 0 Å². The molecule has 5 rings (SSSR count). The molecule has 1 heterocycles. The van der Waals surface area contributed by atoms with Crippen LogP contribution in [-0.4, -0.2) is 4.98 Å². The van der Waals surface area contributed by atoms with Gasteiger partial charge in [0.05, 0.1) is 0 Å². The monoisotopic (exact) mass is 421 g/mol. The summed E-state index contributed by atoms with van der Waals surface area (Å²) in [4.78, 5) is 3.64. The van der Waals surface area contributed by atoms with Crippen molar-refractivity contribution >= 4 is 33.5 Å². The zero-order chi connectivity index (χ0) is 22.7. The van der Waals surface area contributed by atoms with Crippen LogP contribution in [0.5, 0.6) is 0 Å². The van der Waals surface area contributed by atoms with Gasteiger partial charge >= 0.3 is 0 Å². The molecule has 4 aromatic rings. The van der Waals surface area contributed by atoms with E-state index in [2.05, 4.69) is 113 Å². The van der Waals surface area contributed by atoms with Gasteiger partial charge in [-0.1, -0.05) is 89.6 Å². The van der Waals surface area contributed by atoms with Crippen molar-refractivity contribution in [3.63, 3.8) is 0 Å². The van der Waals surface area contributed by atoms with Crippen LogP contribution in [0, 0.1) is 5.41 Å². The first kappa shape index (κ1) is 21.1. The van der Waals surface area contributed by atoms with Gasteiger partial charge in [0, 0.05) is 27.7 Å². The van der Waals surface area contributed by atoms with Gasteiger partial charge < -0.3 is 4.98 Å². The Balaban J connectivity index is 1.76. The molecule has 3 aromatic carbocycles. The van der Waals surface area contributed by atoms with Gasteiger partial charge in [-0.15, -0.1) is 0 Å². The fourth-order valence-corrected chi connectivity index (χ4v) is 5.57. The molecule has 0 bridgehead atoms. The van der Waals surface area contributed by atoms with Crippen molar-refractivity contribution in [3.05, 3.63) is 82.2 Å². The molecule has 0 radical (unpaired) electrons. The Morgan fingerprint density at radius 1 is 0.781 bits per heavy atom. The molecule has 1 nitrogen and oxygen atoms in total. The number of hydrogen-bond acceptors (Lipinski definition) is 0.